The average molecular weight is 455 g/mol. The van der Waals surface area contributed by atoms with E-state index in [9.17, 15) is 9.59 Å². The number of rotatable bonds is 24. The Kier molecular flexibility index (Phi) is 23.8. The summed E-state index contributed by atoms with van der Waals surface area (Å²) in [6.45, 7) is 7.79. The first-order valence-electron chi connectivity index (χ1n) is 13.9. The van der Waals surface area contributed by atoms with Crippen LogP contribution in [-0.2, 0) is 19.1 Å². The molecule has 32 heavy (non-hydrogen) atoms. The molecule has 0 aromatic carbocycles. The molecule has 0 aliphatic heterocycles. The van der Waals surface area contributed by atoms with Crippen LogP contribution in [0.4, 0.5) is 0 Å². The molecular weight excluding hydrogens is 400 g/mol. The van der Waals surface area contributed by atoms with Crippen LogP contribution >= 0.6 is 0 Å². The Bertz CT molecular complexity index is 422. The Hall–Kier alpha value is -1.06. The van der Waals surface area contributed by atoms with Crippen molar-refractivity contribution in [2.75, 3.05) is 13.2 Å². The van der Waals surface area contributed by atoms with E-state index < -0.39 is 0 Å². The fourth-order valence-corrected chi connectivity index (χ4v) is 3.92. The Morgan fingerprint density at radius 2 is 1.03 bits per heavy atom. The zero-order valence-corrected chi connectivity index (χ0v) is 21.8. The third-order valence-electron chi connectivity index (χ3n) is 6.30. The minimum Gasteiger partial charge on any atom is -0.466 e. The Balaban J connectivity index is 3.38. The molecule has 0 saturated heterocycles. The Morgan fingerprint density at radius 1 is 0.562 bits per heavy atom. The highest BCUT2D eigenvalue weighted by atomic mass is 16.5. The highest BCUT2D eigenvalue weighted by Gasteiger charge is 2.10. The largest absolute Gasteiger partial charge is 0.466 e. The average Bonchev–Trinajstić information content (AvgIpc) is 2.79. The summed E-state index contributed by atoms with van der Waals surface area (Å²) in [5, 5.41) is 0. The Morgan fingerprint density at radius 3 is 1.56 bits per heavy atom. The van der Waals surface area contributed by atoms with Gasteiger partial charge in [-0.05, 0) is 31.6 Å². The molecule has 0 heterocycles. The standard InChI is InChI=1S/C28H54O4/c1-4-7-9-10-11-14-17-20-24-31-27(29)22-18-15-12-13-16-19-23-28(30)32-25-26(6-3)21-8-5-2/h26H,4-25H2,1-3H3. The van der Waals surface area contributed by atoms with E-state index in [0.717, 1.165) is 57.8 Å². The first-order chi connectivity index (χ1) is 15.6. The molecule has 0 saturated carbocycles. The van der Waals surface area contributed by atoms with E-state index in [4.69, 9.17) is 9.47 Å². The summed E-state index contributed by atoms with van der Waals surface area (Å²) in [4.78, 5) is 23.6. The van der Waals surface area contributed by atoms with Gasteiger partial charge < -0.3 is 9.47 Å². The molecule has 0 radical (unpaired) electrons. The molecular formula is C28H54O4. The van der Waals surface area contributed by atoms with Gasteiger partial charge in [-0.25, -0.2) is 0 Å². The molecule has 0 amide bonds. The second kappa shape index (κ2) is 24.6. The van der Waals surface area contributed by atoms with Crippen LogP contribution in [0.3, 0.4) is 0 Å². The molecule has 4 nitrogen and oxygen atoms in total. The van der Waals surface area contributed by atoms with Crippen LogP contribution in [0, 0.1) is 5.92 Å². The van der Waals surface area contributed by atoms with Crippen LogP contribution in [0.15, 0.2) is 0 Å². The number of carbonyl (C=O) groups is 2. The van der Waals surface area contributed by atoms with Crippen molar-refractivity contribution in [3.05, 3.63) is 0 Å². The van der Waals surface area contributed by atoms with Crippen LogP contribution in [0.2, 0.25) is 0 Å². The van der Waals surface area contributed by atoms with Gasteiger partial charge in [-0.15, -0.1) is 0 Å². The van der Waals surface area contributed by atoms with Gasteiger partial charge in [-0.2, -0.15) is 0 Å². The van der Waals surface area contributed by atoms with Gasteiger partial charge in [-0.3, -0.25) is 9.59 Å². The normalized spacial score (nSPS) is 12.0. The lowest BCUT2D eigenvalue weighted by molar-refractivity contribution is -0.145. The van der Waals surface area contributed by atoms with Gasteiger partial charge in [0.2, 0.25) is 0 Å². The second-order valence-electron chi connectivity index (χ2n) is 9.42. The quantitative estimate of drug-likeness (QED) is 0.108. The molecule has 4 heteroatoms. The lowest BCUT2D eigenvalue weighted by Crippen LogP contribution is -2.13. The maximum absolute atomic E-state index is 11.9. The molecule has 0 aromatic heterocycles. The van der Waals surface area contributed by atoms with Gasteiger partial charge in [0.25, 0.3) is 0 Å². The van der Waals surface area contributed by atoms with Crippen LogP contribution in [0.5, 0.6) is 0 Å². The molecule has 0 bridgehead atoms. The lowest BCUT2D eigenvalue weighted by atomic mass is 10.0. The van der Waals surface area contributed by atoms with E-state index in [-0.39, 0.29) is 11.9 Å². The van der Waals surface area contributed by atoms with E-state index in [1.54, 1.807) is 0 Å². The van der Waals surface area contributed by atoms with Crippen molar-refractivity contribution in [1.82, 2.24) is 0 Å². The molecule has 0 N–H and O–H groups in total. The SMILES string of the molecule is CCCCCCCCCCOC(=O)CCCCCCCCC(=O)OCC(CC)CCCC. The summed E-state index contributed by atoms with van der Waals surface area (Å²) in [6, 6.07) is 0. The van der Waals surface area contributed by atoms with Gasteiger partial charge in [0.05, 0.1) is 13.2 Å². The van der Waals surface area contributed by atoms with E-state index in [1.807, 2.05) is 0 Å². The number of hydrogen-bond acceptors (Lipinski definition) is 4. The predicted octanol–water partition coefficient (Wildman–Crippen LogP) is 8.55. The van der Waals surface area contributed by atoms with Crippen molar-refractivity contribution in [1.29, 1.82) is 0 Å². The number of unbranched alkanes of at least 4 members (excludes halogenated alkanes) is 13. The van der Waals surface area contributed by atoms with Crippen LogP contribution < -0.4 is 0 Å². The number of ether oxygens (including phenoxy) is 2. The third-order valence-corrected chi connectivity index (χ3v) is 6.30. The smallest absolute Gasteiger partial charge is 0.305 e. The summed E-state index contributed by atoms with van der Waals surface area (Å²) >= 11 is 0. The Labute approximate surface area is 199 Å². The monoisotopic (exact) mass is 454 g/mol. The predicted molar refractivity (Wildman–Crippen MR) is 135 cm³/mol. The minimum atomic E-state index is -0.0424. The topological polar surface area (TPSA) is 52.6 Å². The fraction of sp³-hybridized carbons (Fsp3) is 0.929. The maximum atomic E-state index is 11.9. The summed E-state index contributed by atoms with van der Waals surface area (Å²) < 4.78 is 10.8. The highest BCUT2D eigenvalue weighted by Crippen LogP contribution is 2.14. The van der Waals surface area contributed by atoms with Gasteiger partial charge in [0.15, 0.2) is 0 Å². The van der Waals surface area contributed by atoms with Crippen molar-refractivity contribution in [3.8, 4) is 0 Å². The van der Waals surface area contributed by atoms with Gasteiger partial charge in [0, 0.05) is 12.8 Å². The summed E-state index contributed by atoms with van der Waals surface area (Å²) in [5.41, 5.74) is 0. The van der Waals surface area contributed by atoms with Crippen molar-refractivity contribution in [2.45, 2.75) is 149 Å². The van der Waals surface area contributed by atoms with Crippen LogP contribution in [0.1, 0.15) is 149 Å². The molecule has 0 fully saturated rings. The molecule has 0 aliphatic carbocycles. The van der Waals surface area contributed by atoms with Gasteiger partial charge in [-0.1, -0.05) is 111 Å². The summed E-state index contributed by atoms with van der Waals surface area (Å²) in [7, 11) is 0. The van der Waals surface area contributed by atoms with Gasteiger partial charge >= 0.3 is 11.9 Å². The minimum absolute atomic E-state index is 0.0417. The third kappa shape index (κ3) is 22.1. The van der Waals surface area contributed by atoms with Crippen LogP contribution in [0.25, 0.3) is 0 Å². The number of hydrogen-bond donors (Lipinski definition) is 0. The molecule has 0 spiro atoms. The number of carbonyl (C=O) groups excluding carboxylic acids is 2. The molecule has 0 aromatic rings. The van der Waals surface area contributed by atoms with E-state index in [0.29, 0.717) is 32.0 Å². The summed E-state index contributed by atoms with van der Waals surface area (Å²) in [6.07, 6.45) is 22.0. The number of esters is 2. The first kappa shape index (κ1) is 30.9. The van der Waals surface area contributed by atoms with E-state index in [2.05, 4.69) is 20.8 Å². The molecule has 190 valence electrons. The molecule has 0 rings (SSSR count). The molecule has 0 aliphatic rings. The maximum Gasteiger partial charge on any atom is 0.305 e. The van der Waals surface area contributed by atoms with Crippen molar-refractivity contribution >= 4 is 11.9 Å². The van der Waals surface area contributed by atoms with E-state index >= 15 is 0 Å². The molecule has 1 atom stereocenters. The molecule has 1 unspecified atom stereocenters. The first-order valence-corrected chi connectivity index (χ1v) is 13.9. The summed E-state index contributed by atoms with van der Waals surface area (Å²) in [5.74, 6) is 0.435. The zero-order valence-electron chi connectivity index (χ0n) is 21.8. The van der Waals surface area contributed by atoms with Crippen molar-refractivity contribution in [2.24, 2.45) is 5.92 Å². The zero-order chi connectivity index (χ0) is 23.7. The van der Waals surface area contributed by atoms with Crippen molar-refractivity contribution in [3.63, 3.8) is 0 Å². The van der Waals surface area contributed by atoms with E-state index in [1.165, 1.54) is 57.8 Å². The van der Waals surface area contributed by atoms with Gasteiger partial charge in [0.1, 0.15) is 0 Å². The second-order valence-corrected chi connectivity index (χ2v) is 9.42. The van der Waals surface area contributed by atoms with Crippen LogP contribution in [-0.4, -0.2) is 25.2 Å². The lowest BCUT2D eigenvalue weighted by Gasteiger charge is -2.14. The fourth-order valence-electron chi connectivity index (χ4n) is 3.92. The highest BCUT2D eigenvalue weighted by molar-refractivity contribution is 5.69. The van der Waals surface area contributed by atoms with Crippen molar-refractivity contribution < 1.29 is 19.1 Å².